The maximum Gasteiger partial charge on any atom is 0.274 e. The van der Waals surface area contributed by atoms with E-state index >= 15 is 0 Å². The number of nitrogens with zero attached hydrogens (tertiary/aromatic N) is 3. The number of hydrogen-bond acceptors (Lipinski definition) is 7. The van der Waals surface area contributed by atoms with Crippen molar-refractivity contribution in [3.8, 4) is 0 Å². The molecule has 1 atom stereocenters. The zero-order valence-corrected chi connectivity index (χ0v) is 17.8. The summed E-state index contributed by atoms with van der Waals surface area (Å²) in [5.41, 5.74) is 1.34. The molecule has 10 nitrogen and oxygen atoms in total. The molecule has 2 fully saturated rings. The van der Waals surface area contributed by atoms with Gasteiger partial charge in [-0.3, -0.25) is 19.7 Å². The molecule has 0 spiro atoms. The van der Waals surface area contributed by atoms with Gasteiger partial charge in [0.1, 0.15) is 11.6 Å². The van der Waals surface area contributed by atoms with Gasteiger partial charge in [0.05, 0.1) is 17.7 Å². The predicted molar refractivity (Wildman–Crippen MR) is 118 cm³/mol. The monoisotopic (exact) mass is 441 g/mol. The molecule has 0 bridgehead atoms. The van der Waals surface area contributed by atoms with Gasteiger partial charge >= 0.3 is 0 Å². The molecule has 1 aromatic carbocycles. The first-order valence-corrected chi connectivity index (χ1v) is 10.9. The highest BCUT2D eigenvalue weighted by atomic mass is 16.6. The number of carbonyl (C=O) groups excluding carboxylic acids is 2. The van der Waals surface area contributed by atoms with E-state index in [4.69, 9.17) is 4.42 Å². The number of amides is 2. The third-order valence-corrected chi connectivity index (χ3v) is 5.86. The lowest BCUT2D eigenvalue weighted by molar-refractivity contribution is -0.403. The summed E-state index contributed by atoms with van der Waals surface area (Å²) < 4.78 is 5.32. The zero-order chi connectivity index (χ0) is 22.5. The van der Waals surface area contributed by atoms with E-state index in [0.29, 0.717) is 24.2 Å². The third-order valence-electron chi connectivity index (χ3n) is 5.86. The number of fused-ring (bicyclic) bond motifs is 1. The maximum atomic E-state index is 13.2. The van der Waals surface area contributed by atoms with Crippen molar-refractivity contribution >= 4 is 28.5 Å². The van der Waals surface area contributed by atoms with E-state index in [0.717, 1.165) is 50.4 Å². The second-order valence-electron chi connectivity index (χ2n) is 8.17. The van der Waals surface area contributed by atoms with Crippen LogP contribution in [0.2, 0.25) is 0 Å². The first kappa shape index (κ1) is 21.7. The molecule has 1 aromatic heterocycles. The van der Waals surface area contributed by atoms with Crippen molar-refractivity contribution in [3.05, 3.63) is 52.7 Å². The number of furan rings is 1. The van der Waals surface area contributed by atoms with Gasteiger partial charge in [0.25, 0.3) is 6.20 Å². The lowest BCUT2D eigenvalue weighted by Gasteiger charge is -2.27. The van der Waals surface area contributed by atoms with Crippen molar-refractivity contribution in [2.45, 2.75) is 38.1 Å². The highest BCUT2D eigenvalue weighted by Crippen LogP contribution is 2.21. The molecule has 2 amide bonds. The summed E-state index contributed by atoms with van der Waals surface area (Å²) in [6.45, 7) is 2.04. The Morgan fingerprint density at radius 3 is 2.75 bits per heavy atom. The lowest BCUT2D eigenvalue weighted by atomic mass is 10.1. The summed E-state index contributed by atoms with van der Waals surface area (Å²) in [5.74, 6) is -0.135. The van der Waals surface area contributed by atoms with Gasteiger partial charge < -0.3 is 24.9 Å². The first-order valence-electron chi connectivity index (χ1n) is 10.9. The van der Waals surface area contributed by atoms with Gasteiger partial charge in [-0.15, -0.1) is 0 Å². The molecular formula is C22H27N5O5. The van der Waals surface area contributed by atoms with Crippen molar-refractivity contribution in [1.82, 2.24) is 15.1 Å². The Morgan fingerprint density at radius 2 is 1.97 bits per heavy atom. The van der Waals surface area contributed by atoms with Gasteiger partial charge in [-0.1, -0.05) is 0 Å². The molecule has 2 saturated heterocycles. The Kier molecular flexibility index (Phi) is 6.58. The summed E-state index contributed by atoms with van der Waals surface area (Å²) in [5, 5.41) is 18.1. The van der Waals surface area contributed by atoms with Crippen LogP contribution in [0.25, 0.3) is 11.0 Å². The summed E-state index contributed by atoms with van der Waals surface area (Å²) in [6.07, 6.45) is 6.48. The Hall–Kier alpha value is -3.56. The fourth-order valence-electron chi connectivity index (χ4n) is 4.22. The van der Waals surface area contributed by atoms with Gasteiger partial charge in [0.15, 0.2) is 5.82 Å². The van der Waals surface area contributed by atoms with Crippen molar-refractivity contribution in [1.29, 1.82) is 0 Å². The number of hydrogen-bond donors (Lipinski definition) is 2. The van der Waals surface area contributed by atoms with Gasteiger partial charge in [0, 0.05) is 30.7 Å². The smallest absolute Gasteiger partial charge is 0.274 e. The number of rotatable bonds is 7. The second-order valence-corrected chi connectivity index (χ2v) is 8.17. The molecule has 2 aliphatic heterocycles. The molecule has 0 saturated carbocycles. The van der Waals surface area contributed by atoms with E-state index in [1.165, 1.54) is 0 Å². The van der Waals surface area contributed by atoms with Crippen LogP contribution in [0.3, 0.4) is 0 Å². The maximum absolute atomic E-state index is 13.2. The van der Waals surface area contributed by atoms with Crippen LogP contribution in [0.5, 0.6) is 0 Å². The van der Waals surface area contributed by atoms with Crippen LogP contribution in [0.1, 0.15) is 32.1 Å². The Morgan fingerprint density at radius 1 is 1.19 bits per heavy atom. The minimum absolute atomic E-state index is 0.0379. The number of benzene rings is 1. The molecule has 10 heteroatoms. The van der Waals surface area contributed by atoms with Crippen molar-refractivity contribution in [2.24, 2.45) is 0 Å². The molecular weight excluding hydrogens is 414 g/mol. The van der Waals surface area contributed by atoms with Crippen LogP contribution < -0.4 is 10.6 Å². The van der Waals surface area contributed by atoms with E-state index in [1.54, 1.807) is 34.3 Å². The number of nitro groups is 1. The second kappa shape index (κ2) is 9.71. The van der Waals surface area contributed by atoms with Crippen LogP contribution in [0, 0.1) is 10.1 Å². The average molecular weight is 441 g/mol. The fraction of sp³-hybridized carbons (Fsp3) is 0.455. The minimum Gasteiger partial charge on any atom is -0.464 e. The molecule has 32 heavy (non-hydrogen) atoms. The van der Waals surface area contributed by atoms with Crippen LogP contribution in [0.15, 0.2) is 47.0 Å². The van der Waals surface area contributed by atoms with Crippen LogP contribution in [0.4, 0.5) is 5.69 Å². The van der Waals surface area contributed by atoms with Gasteiger partial charge in [-0.2, -0.15) is 0 Å². The van der Waals surface area contributed by atoms with Crippen LogP contribution >= 0.6 is 0 Å². The third kappa shape index (κ3) is 5.19. The van der Waals surface area contributed by atoms with Gasteiger partial charge in [-0.05, 0) is 56.4 Å². The largest absolute Gasteiger partial charge is 0.464 e. The summed E-state index contributed by atoms with van der Waals surface area (Å²) in [6, 6.07) is 6.47. The molecule has 0 radical (unpaired) electrons. The first-order chi connectivity index (χ1) is 15.5. The summed E-state index contributed by atoms with van der Waals surface area (Å²) in [7, 11) is 0. The number of anilines is 1. The van der Waals surface area contributed by atoms with E-state index < -0.39 is 11.0 Å². The average Bonchev–Trinajstić information content (AvgIpc) is 3.42. The molecule has 170 valence electrons. The Balaban J connectivity index is 1.46. The quantitative estimate of drug-likeness (QED) is 0.500. The molecule has 2 aromatic rings. The van der Waals surface area contributed by atoms with E-state index in [2.05, 4.69) is 10.6 Å². The highest BCUT2D eigenvalue weighted by Gasteiger charge is 2.30. The molecule has 2 N–H and O–H groups in total. The van der Waals surface area contributed by atoms with Crippen molar-refractivity contribution in [3.63, 3.8) is 0 Å². The van der Waals surface area contributed by atoms with Crippen molar-refractivity contribution in [2.75, 3.05) is 31.5 Å². The van der Waals surface area contributed by atoms with Gasteiger partial charge in [0.2, 0.25) is 11.8 Å². The predicted octanol–water partition coefficient (Wildman–Crippen LogP) is 2.51. The minimum atomic E-state index is -0.653. The SMILES string of the molecule is O=C(CN1CCCC[C@H](NC(=C[N+](=O)[O-])Nc2ccc3occc3c2)C1=O)N1CCCC1. The molecule has 2 aliphatic rings. The topological polar surface area (TPSA) is 121 Å². The normalized spacial score (nSPS) is 19.8. The van der Waals surface area contributed by atoms with E-state index in [-0.39, 0.29) is 24.2 Å². The van der Waals surface area contributed by atoms with E-state index in [1.807, 2.05) is 6.07 Å². The Bertz CT molecular complexity index is 1030. The number of likely N-dealkylation sites (tertiary alicyclic amines) is 2. The Labute approximate surface area is 185 Å². The highest BCUT2D eigenvalue weighted by molar-refractivity contribution is 5.88. The van der Waals surface area contributed by atoms with Gasteiger partial charge in [-0.25, -0.2) is 0 Å². The summed E-state index contributed by atoms with van der Waals surface area (Å²) >= 11 is 0. The fourth-order valence-corrected chi connectivity index (χ4v) is 4.22. The summed E-state index contributed by atoms with van der Waals surface area (Å²) in [4.78, 5) is 39.7. The molecule has 0 aliphatic carbocycles. The van der Waals surface area contributed by atoms with Crippen LogP contribution in [-0.2, 0) is 9.59 Å². The van der Waals surface area contributed by atoms with Crippen LogP contribution in [-0.4, -0.2) is 58.8 Å². The van der Waals surface area contributed by atoms with E-state index in [9.17, 15) is 19.7 Å². The van der Waals surface area contributed by atoms with Crippen molar-refractivity contribution < 1.29 is 18.9 Å². The number of nitrogens with one attached hydrogen (secondary N) is 2. The lowest BCUT2D eigenvalue weighted by Crippen LogP contribution is -2.49. The number of carbonyl (C=O) groups is 2. The molecule has 3 heterocycles. The standard InChI is InChI=1S/C22H27N5O5/c28-21(25-9-3-4-10-25)15-26-11-2-1-5-18(22(26)29)24-20(14-27(30)31)23-17-6-7-19-16(13-17)8-12-32-19/h6-8,12-14,18,23-24H,1-5,9-11,15H2/t18-/m0/s1. The molecule has 0 unspecified atom stereocenters. The zero-order valence-electron chi connectivity index (χ0n) is 17.8. The molecule has 4 rings (SSSR count).